The van der Waals surface area contributed by atoms with Gasteiger partial charge in [0.15, 0.2) is 11.5 Å². The summed E-state index contributed by atoms with van der Waals surface area (Å²) in [6, 6.07) is 14.7. The van der Waals surface area contributed by atoms with Gasteiger partial charge in [-0.15, -0.1) is 0 Å². The van der Waals surface area contributed by atoms with Crippen molar-refractivity contribution in [1.29, 1.82) is 0 Å². The highest BCUT2D eigenvalue weighted by Gasteiger charge is 2.12. The van der Waals surface area contributed by atoms with E-state index in [0.29, 0.717) is 30.5 Å². The average Bonchev–Trinajstić information content (AvgIpc) is 2.75. The molecule has 0 atom stereocenters. The largest absolute Gasteiger partial charge is 0.490 e. The Morgan fingerprint density at radius 1 is 1.19 bits per heavy atom. The van der Waals surface area contributed by atoms with E-state index in [1.54, 1.807) is 6.21 Å². The second-order valence-corrected chi connectivity index (χ2v) is 7.42. The van der Waals surface area contributed by atoms with Crippen molar-refractivity contribution < 1.29 is 14.4 Å². The molecule has 0 bridgehead atoms. The summed E-state index contributed by atoms with van der Waals surface area (Å²) in [5, 5.41) is 14.8. The van der Waals surface area contributed by atoms with Crippen LogP contribution in [-0.2, 0) is 6.61 Å². The highest BCUT2D eigenvalue weighted by molar-refractivity contribution is 9.10. The van der Waals surface area contributed by atoms with Crippen molar-refractivity contribution in [2.45, 2.75) is 20.5 Å². The predicted molar refractivity (Wildman–Crippen MR) is 123 cm³/mol. The summed E-state index contributed by atoms with van der Waals surface area (Å²) < 4.78 is 12.5. The molecule has 31 heavy (non-hydrogen) atoms. The van der Waals surface area contributed by atoms with E-state index in [9.17, 15) is 10.1 Å². The van der Waals surface area contributed by atoms with Gasteiger partial charge in [0.25, 0.3) is 5.69 Å². The molecular formula is C22H21BrN4O4. The molecule has 0 saturated heterocycles. The first-order valence-corrected chi connectivity index (χ1v) is 10.3. The molecule has 0 radical (unpaired) electrons. The third-order valence-corrected chi connectivity index (χ3v) is 4.78. The maximum atomic E-state index is 10.7. The van der Waals surface area contributed by atoms with Crippen molar-refractivity contribution in [3.05, 3.63) is 86.0 Å². The van der Waals surface area contributed by atoms with E-state index in [0.717, 1.165) is 15.6 Å². The van der Waals surface area contributed by atoms with Crippen molar-refractivity contribution in [2.75, 3.05) is 12.0 Å². The van der Waals surface area contributed by atoms with E-state index < -0.39 is 4.92 Å². The zero-order valence-corrected chi connectivity index (χ0v) is 18.6. The van der Waals surface area contributed by atoms with Gasteiger partial charge in [0, 0.05) is 6.07 Å². The molecule has 0 aliphatic carbocycles. The Balaban J connectivity index is 1.71. The maximum Gasteiger partial charge on any atom is 0.287 e. The summed E-state index contributed by atoms with van der Waals surface area (Å²) in [6.45, 7) is 4.85. The zero-order valence-electron chi connectivity index (χ0n) is 17.0. The highest BCUT2D eigenvalue weighted by atomic mass is 79.9. The Morgan fingerprint density at radius 3 is 2.61 bits per heavy atom. The molecule has 0 fully saturated rings. The molecule has 0 aliphatic rings. The molecule has 2 aromatic carbocycles. The van der Waals surface area contributed by atoms with Crippen molar-refractivity contribution in [3.8, 4) is 11.5 Å². The average molecular weight is 485 g/mol. The number of ether oxygens (including phenoxy) is 2. The van der Waals surface area contributed by atoms with E-state index in [1.807, 2.05) is 50.2 Å². The molecule has 8 nitrogen and oxygen atoms in total. The first-order chi connectivity index (χ1) is 15.0. The summed E-state index contributed by atoms with van der Waals surface area (Å²) in [6.07, 6.45) is 2.77. The number of halogens is 1. The fourth-order valence-corrected chi connectivity index (χ4v) is 3.21. The second-order valence-electron chi connectivity index (χ2n) is 6.57. The second kappa shape index (κ2) is 10.5. The Hall–Kier alpha value is -3.46. The zero-order chi connectivity index (χ0) is 22.2. The van der Waals surface area contributed by atoms with Crippen molar-refractivity contribution in [3.63, 3.8) is 0 Å². The van der Waals surface area contributed by atoms with Crippen molar-refractivity contribution in [2.24, 2.45) is 5.10 Å². The minimum absolute atomic E-state index is 0.0824. The minimum atomic E-state index is -0.505. The lowest BCUT2D eigenvalue weighted by molar-refractivity contribution is -0.385. The van der Waals surface area contributed by atoms with Crippen LogP contribution in [0.1, 0.15) is 23.6 Å². The van der Waals surface area contributed by atoms with Crippen LogP contribution >= 0.6 is 15.9 Å². The number of nitrogens with zero attached hydrogens (tertiary/aromatic N) is 3. The van der Waals surface area contributed by atoms with Crippen LogP contribution < -0.4 is 14.9 Å². The third kappa shape index (κ3) is 6.26. The number of hydrogen-bond acceptors (Lipinski definition) is 7. The topological polar surface area (TPSA) is 98.9 Å². The molecule has 160 valence electrons. The smallest absolute Gasteiger partial charge is 0.287 e. The van der Waals surface area contributed by atoms with Gasteiger partial charge in [-0.1, -0.05) is 29.8 Å². The van der Waals surface area contributed by atoms with Gasteiger partial charge in [0.05, 0.1) is 22.2 Å². The van der Waals surface area contributed by atoms with E-state index in [1.165, 1.54) is 23.9 Å². The van der Waals surface area contributed by atoms with Crippen LogP contribution in [0.25, 0.3) is 0 Å². The quantitative estimate of drug-likeness (QED) is 0.245. The van der Waals surface area contributed by atoms with Gasteiger partial charge in [-0.2, -0.15) is 5.10 Å². The van der Waals surface area contributed by atoms with Crippen molar-refractivity contribution >= 4 is 33.6 Å². The van der Waals surface area contributed by atoms with Crippen LogP contribution in [0.15, 0.2) is 64.3 Å². The molecule has 0 saturated carbocycles. The minimum Gasteiger partial charge on any atom is -0.490 e. The van der Waals surface area contributed by atoms with Gasteiger partial charge in [-0.25, -0.2) is 4.98 Å². The van der Waals surface area contributed by atoms with Gasteiger partial charge in [-0.3, -0.25) is 15.5 Å². The fourth-order valence-electron chi connectivity index (χ4n) is 2.64. The lowest BCUT2D eigenvalue weighted by Gasteiger charge is -2.15. The van der Waals surface area contributed by atoms with Crippen LogP contribution in [0.2, 0.25) is 0 Å². The lowest BCUT2D eigenvalue weighted by atomic mass is 10.2. The van der Waals surface area contributed by atoms with E-state index in [2.05, 4.69) is 31.4 Å². The monoisotopic (exact) mass is 484 g/mol. The SMILES string of the molecule is CCOc1cc(/C=N/Nc2ccc([N+](=O)[O-])cn2)cc(Br)c1OCc1ccc(C)cc1. The van der Waals surface area contributed by atoms with E-state index >= 15 is 0 Å². The molecule has 1 aromatic heterocycles. The van der Waals surface area contributed by atoms with Gasteiger partial charge in [0.1, 0.15) is 18.6 Å². The van der Waals surface area contributed by atoms with Crippen LogP contribution in [0.4, 0.5) is 11.5 Å². The number of hydrogen-bond donors (Lipinski definition) is 1. The van der Waals surface area contributed by atoms with Crippen LogP contribution in [0.5, 0.6) is 11.5 Å². The summed E-state index contributed by atoms with van der Waals surface area (Å²) in [5.41, 5.74) is 5.69. The number of nitrogens with one attached hydrogen (secondary N) is 1. The lowest BCUT2D eigenvalue weighted by Crippen LogP contribution is -2.02. The molecule has 1 N–H and O–H groups in total. The van der Waals surface area contributed by atoms with E-state index in [4.69, 9.17) is 9.47 Å². The first kappa shape index (κ1) is 22.2. The number of benzene rings is 2. The number of anilines is 1. The van der Waals surface area contributed by atoms with Crippen LogP contribution in [0, 0.1) is 17.0 Å². The Morgan fingerprint density at radius 2 is 1.97 bits per heavy atom. The normalized spacial score (nSPS) is 10.8. The molecule has 3 aromatic rings. The first-order valence-electron chi connectivity index (χ1n) is 9.50. The predicted octanol–water partition coefficient (Wildman–Crippen LogP) is 5.48. The van der Waals surface area contributed by atoms with Gasteiger partial charge >= 0.3 is 0 Å². The van der Waals surface area contributed by atoms with Crippen LogP contribution in [-0.4, -0.2) is 22.7 Å². The number of hydrazone groups is 1. The summed E-state index contributed by atoms with van der Waals surface area (Å²) in [5.74, 6) is 1.60. The number of pyridine rings is 1. The summed E-state index contributed by atoms with van der Waals surface area (Å²) in [4.78, 5) is 14.1. The Kier molecular flexibility index (Phi) is 7.55. The molecule has 1 heterocycles. The molecule has 0 aliphatic heterocycles. The molecule has 0 amide bonds. The standard InChI is InChI=1S/C22H21BrN4O4/c1-3-30-20-11-17(12-25-26-21-9-8-18(13-24-21)27(28)29)10-19(23)22(20)31-14-16-6-4-15(2)5-7-16/h4-13H,3,14H2,1-2H3,(H,24,26)/b25-12+. The molecule has 3 rings (SSSR count). The fraction of sp³-hybridized carbons (Fsp3) is 0.182. The maximum absolute atomic E-state index is 10.7. The molecular weight excluding hydrogens is 464 g/mol. The van der Waals surface area contributed by atoms with Crippen molar-refractivity contribution in [1.82, 2.24) is 4.98 Å². The Labute approximate surface area is 188 Å². The number of aryl methyl sites for hydroxylation is 1. The molecule has 9 heteroatoms. The Bertz CT molecular complexity index is 1070. The number of aromatic nitrogens is 1. The van der Waals surface area contributed by atoms with Gasteiger partial charge in [-0.05, 0) is 59.1 Å². The van der Waals surface area contributed by atoms with Gasteiger partial charge < -0.3 is 9.47 Å². The van der Waals surface area contributed by atoms with Crippen LogP contribution in [0.3, 0.4) is 0 Å². The van der Waals surface area contributed by atoms with E-state index in [-0.39, 0.29) is 5.69 Å². The number of rotatable bonds is 9. The number of nitro groups is 1. The molecule has 0 unspecified atom stereocenters. The summed E-state index contributed by atoms with van der Waals surface area (Å²) >= 11 is 3.55. The third-order valence-electron chi connectivity index (χ3n) is 4.19. The summed E-state index contributed by atoms with van der Waals surface area (Å²) in [7, 11) is 0. The highest BCUT2D eigenvalue weighted by Crippen LogP contribution is 2.37. The van der Waals surface area contributed by atoms with Gasteiger partial charge in [0.2, 0.25) is 0 Å². The molecule has 0 spiro atoms.